The highest BCUT2D eigenvalue weighted by Crippen LogP contribution is 2.28. The lowest BCUT2D eigenvalue weighted by Gasteiger charge is -2.31. The normalized spacial score (nSPS) is 17.1. The van der Waals surface area contributed by atoms with Crippen molar-refractivity contribution in [2.24, 2.45) is 5.92 Å². The smallest absolute Gasteiger partial charge is 0.264 e. The Bertz CT molecular complexity index is 986. The highest BCUT2D eigenvalue weighted by Gasteiger charge is 2.25. The molecule has 1 saturated heterocycles. The fourth-order valence-corrected chi connectivity index (χ4v) is 4.99. The monoisotopic (exact) mass is 416 g/mol. The summed E-state index contributed by atoms with van der Waals surface area (Å²) in [6.07, 6.45) is 2.17. The molecule has 0 bridgehead atoms. The minimum Gasteiger partial charge on any atom is -0.497 e. The van der Waals surface area contributed by atoms with Gasteiger partial charge in [0.1, 0.15) is 5.75 Å². The Morgan fingerprint density at radius 3 is 2.45 bits per heavy atom. The van der Waals surface area contributed by atoms with E-state index >= 15 is 0 Å². The van der Waals surface area contributed by atoms with Crippen molar-refractivity contribution in [3.63, 3.8) is 0 Å². The fourth-order valence-electron chi connectivity index (χ4n) is 3.73. The van der Waals surface area contributed by atoms with Crippen molar-refractivity contribution in [1.82, 2.24) is 4.90 Å². The van der Waals surface area contributed by atoms with Crippen LogP contribution in [0.3, 0.4) is 0 Å². The Morgan fingerprint density at radius 2 is 1.86 bits per heavy atom. The number of benzene rings is 2. The van der Waals surface area contributed by atoms with Crippen LogP contribution in [-0.2, 0) is 10.0 Å². The van der Waals surface area contributed by atoms with Crippen LogP contribution in [0, 0.1) is 12.8 Å². The van der Waals surface area contributed by atoms with E-state index in [9.17, 15) is 13.2 Å². The van der Waals surface area contributed by atoms with Gasteiger partial charge in [0.05, 0.1) is 17.7 Å². The molecule has 0 unspecified atom stereocenters. The largest absolute Gasteiger partial charge is 0.497 e. The molecule has 6 nitrogen and oxygen atoms in total. The zero-order chi connectivity index (χ0) is 21.2. The van der Waals surface area contributed by atoms with Gasteiger partial charge < -0.3 is 9.64 Å². The molecule has 1 aliphatic rings. The van der Waals surface area contributed by atoms with Crippen LogP contribution in [0.15, 0.2) is 47.4 Å². The van der Waals surface area contributed by atoms with Crippen molar-refractivity contribution in [3.8, 4) is 5.75 Å². The quantitative estimate of drug-likeness (QED) is 0.745. The van der Waals surface area contributed by atoms with E-state index in [1.165, 1.54) is 30.6 Å². The molecule has 29 heavy (non-hydrogen) atoms. The summed E-state index contributed by atoms with van der Waals surface area (Å²) in [6.45, 7) is 5.53. The van der Waals surface area contributed by atoms with Gasteiger partial charge in [-0.05, 0) is 73.7 Å². The van der Waals surface area contributed by atoms with Gasteiger partial charge in [-0.15, -0.1) is 0 Å². The number of hydrogen-bond donors (Lipinski definition) is 0. The van der Waals surface area contributed by atoms with Crippen molar-refractivity contribution in [3.05, 3.63) is 53.6 Å². The molecule has 0 saturated carbocycles. The fraction of sp³-hybridized carbons (Fsp3) is 0.409. The Hall–Kier alpha value is -2.54. The molecular weight excluding hydrogens is 388 g/mol. The van der Waals surface area contributed by atoms with Gasteiger partial charge in [-0.3, -0.25) is 9.10 Å². The zero-order valence-electron chi connectivity index (χ0n) is 17.4. The third kappa shape index (κ3) is 4.40. The molecule has 156 valence electrons. The molecular formula is C22H28N2O4S. The summed E-state index contributed by atoms with van der Waals surface area (Å²) in [5.41, 5.74) is 1.88. The number of methoxy groups -OCH3 is 1. The van der Waals surface area contributed by atoms with E-state index in [2.05, 4.69) is 6.92 Å². The molecule has 1 aliphatic heterocycles. The van der Waals surface area contributed by atoms with E-state index in [0.29, 0.717) is 22.9 Å². The average molecular weight is 417 g/mol. The number of hydrogen-bond acceptors (Lipinski definition) is 4. The second kappa shape index (κ2) is 8.45. The lowest BCUT2D eigenvalue weighted by atomic mass is 9.99. The molecule has 1 fully saturated rings. The predicted octanol–water partition coefficient (Wildman–Crippen LogP) is 3.70. The Kier molecular flexibility index (Phi) is 6.17. The van der Waals surface area contributed by atoms with Crippen molar-refractivity contribution in [2.45, 2.75) is 31.6 Å². The second-order valence-electron chi connectivity index (χ2n) is 7.65. The second-order valence-corrected chi connectivity index (χ2v) is 9.62. The van der Waals surface area contributed by atoms with E-state index in [1.807, 2.05) is 11.8 Å². The maximum absolute atomic E-state index is 13.0. The molecule has 7 heteroatoms. The van der Waals surface area contributed by atoms with Gasteiger partial charge in [-0.25, -0.2) is 8.42 Å². The highest BCUT2D eigenvalue weighted by molar-refractivity contribution is 7.92. The number of anilines is 1. The minimum atomic E-state index is -3.72. The molecule has 0 aromatic heterocycles. The van der Waals surface area contributed by atoms with Crippen molar-refractivity contribution in [2.75, 3.05) is 31.6 Å². The number of rotatable bonds is 5. The molecule has 1 heterocycles. The summed E-state index contributed by atoms with van der Waals surface area (Å²) in [7, 11) is -0.660. The lowest BCUT2D eigenvalue weighted by molar-refractivity contribution is 0.0683. The Labute approximate surface area is 173 Å². The molecule has 0 N–H and O–H groups in total. The summed E-state index contributed by atoms with van der Waals surface area (Å²) in [4.78, 5) is 14.9. The van der Waals surface area contributed by atoms with Crippen LogP contribution in [0.5, 0.6) is 5.75 Å². The van der Waals surface area contributed by atoms with E-state index in [4.69, 9.17) is 4.74 Å². The van der Waals surface area contributed by atoms with Crippen molar-refractivity contribution < 1.29 is 17.9 Å². The van der Waals surface area contributed by atoms with Gasteiger partial charge in [0, 0.05) is 25.7 Å². The average Bonchev–Trinajstić information content (AvgIpc) is 2.72. The van der Waals surface area contributed by atoms with Gasteiger partial charge in [0.15, 0.2) is 0 Å². The van der Waals surface area contributed by atoms with E-state index in [-0.39, 0.29) is 10.8 Å². The maximum atomic E-state index is 13.0. The Balaban J connectivity index is 1.84. The first-order chi connectivity index (χ1) is 13.7. The van der Waals surface area contributed by atoms with Crippen molar-refractivity contribution in [1.29, 1.82) is 0 Å². The van der Waals surface area contributed by atoms with Crippen LogP contribution in [-0.4, -0.2) is 46.5 Å². The molecule has 0 aliphatic carbocycles. The predicted molar refractivity (Wildman–Crippen MR) is 114 cm³/mol. The molecule has 1 amide bonds. The number of ether oxygens (including phenoxy) is 1. The summed E-state index contributed by atoms with van der Waals surface area (Å²) >= 11 is 0. The molecule has 1 atom stereocenters. The van der Waals surface area contributed by atoms with Crippen molar-refractivity contribution >= 4 is 21.6 Å². The number of piperidine rings is 1. The lowest BCUT2D eigenvalue weighted by Crippen LogP contribution is -2.39. The first-order valence-corrected chi connectivity index (χ1v) is 11.2. The standard InChI is InChI=1S/C22H28N2O4S/c1-16-6-5-13-24(15-16)22(25)18-7-12-21(17(2)14-18)23(3)29(26,27)20-10-8-19(28-4)9-11-20/h7-12,14,16H,5-6,13,15H2,1-4H3/t16-/m0/s1. The number of amides is 1. The molecule has 3 rings (SSSR count). The summed E-state index contributed by atoms with van der Waals surface area (Å²) < 4.78 is 32.3. The van der Waals surface area contributed by atoms with Crippen LogP contribution in [0.1, 0.15) is 35.7 Å². The van der Waals surface area contributed by atoms with Crippen LogP contribution < -0.4 is 9.04 Å². The highest BCUT2D eigenvalue weighted by atomic mass is 32.2. The molecule has 2 aromatic rings. The first-order valence-electron chi connectivity index (χ1n) is 9.77. The number of likely N-dealkylation sites (tertiary alicyclic amines) is 1. The van der Waals surface area contributed by atoms with Crippen LogP contribution in [0.4, 0.5) is 5.69 Å². The van der Waals surface area contributed by atoms with Crippen LogP contribution in [0.2, 0.25) is 0 Å². The Morgan fingerprint density at radius 1 is 1.17 bits per heavy atom. The van der Waals surface area contributed by atoms with Gasteiger partial charge in [0.25, 0.3) is 15.9 Å². The minimum absolute atomic E-state index is 0.00636. The van der Waals surface area contributed by atoms with Gasteiger partial charge in [-0.1, -0.05) is 6.92 Å². The molecule has 2 aromatic carbocycles. The number of nitrogens with zero attached hydrogens (tertiary/aromatic N) is 2. The number of sulfonamides is 1. The summed E-state index contributed by atoms with van der Waals surface area (Å²) in [5.74, 6) is 1.11. The third-order valence-corrected chi connectivity index (χ3v) is 7.23. The van der Waals surface area contributed by atoms with Crippen LogP contribution >= 0.6 is 0 Å². The van der Waals surface area contributed by atoms with E-state index < -0.39 is 10.0 Å². The topological polar surface area (TPSA) is 66.9 Å². The van der Waals surface area contributed by atoms with Gasteiger partial charge in [0.2, 0.25) is 0 Å². The molecule has 0 radical (unpaired) electrons. The third-order valence-electron chi connectivity index (χ3n) is 5.45. The summed E-state index contributed by atoms with van der Waals surface area (Å²) in [6, 6.07) is 11.5. The number of aryl methyl sites for hydroxylation is 1. The maximum Gasteiger partial charge on any atom is 0.264 e. The van der Waals surface area contributed by atoms with E-state index in [1.54, 1.807) is 30.3 Å². The number of carbonyl (C=O) groups excluding carboxylic acids is 1. The van der Waals surface area contributed by atoms with E-state index in [0.717, 1.165) is 31.5 Å². The van der Waals surface area contributed by atoms with Crippen LogP contribution in [0.25, 0.3) is 0 Å². The van der Waals surface area contributed by atoms with Gasteiger partial charge >= 0.3 is 0 Å². The molecule has 0 spiro atoms. The first kappa shape index (κ1) is 21.2. The van der Waals surface area contributed by atoms with Gasteiger partial charge in [-0.2, -0.15) is 0 Å². The zero-order valence-corrected chi connectivity index (χ0v) is 18.2. The number of carbonyl (C=O) groups is 1. The SMILES string of the molecule is COc1ccc(S(=O)(=O)N(C)c2ccc(C(=O)N3CCC[C@H](C)C3)cc2C)cc1. The summed E-state index contributed by atoms with van der Waals surface area (Å²) in [5, 5.41) is 0.